The highest BCUT2D eigenvalue weighted by Crippen LogP contribution is 2.23. The first kappa shape index (κ1) is 15.5. The first-order valence-corrected chi connectivity index (χ1v) is 7.88. The number of rotatable bonds is 6. The minimum atomic E-state index is -3.34. The number of hydrogen-bond donors (Lipinski definition) is 2. The Morgan fingerprint density at radius 1 is 1.32 bits per heavy atom. The van der Waals surface area contributed by atoms with Crippen molar-refractivity contribution in [1.29, 1.82) is 0 Å². The van der Waals surface area contributed by atoms with Gasteiger partial charge in [0.2, 0.25) is 0 Å². The second-order valence-electron chi connectivity index (χ2n) is 4.86. The van der Waals surface area contributed by atoms with Crippen molar-refractivity contribution < 1.29 is 18.3 Å². The lowest BCUT2D eigenvalue weighted by molar-refractivity contribution is -0.137. The Morgan fingerprint density at radius 2 is 1.89 bits per heavy atom. The van der Waals surface area contributed by atoms with Crippen molar-refractivity contribution in [3.05, 3.63) is 24.3 Å². The molecule has 2 N–H and O–H groups in total. The summed E-state index contributed by atoms with van der Waals surface area (Å²) in [5.74, 6) is -0.841. The summed E-state index contributed by atoms with van der Waals surface area (Å²) < 4.78 is 23.3. The van der Waals surface area contributed by atoms with Gasteiger partial charge in [-0.3, -0.25) is 4.79 Å². The van der Waals surface area contributed by atoms with Crippen molar-refractivity contribution in [3.63, 3.8) is 0 Å². The molecule has 0 aromatic heterocycles. The molecule has 0 aliphatic carbocycles. The first-order chi connectivity index (χ1) is 8.71. The van der Waals surface area contributed by atoms with Gasteiger partial charge in [0.1, 0.15) is 0 Å². The number of carboxylic acid groups (broad SMARTS) is 1. The van der Waals surface area contributed by atoms with Crippen LogP contribution in [0, 0.1) is 5.92 Å². The molecule has 5 nitrogen and oxygen atoms in total. The molecule has 1 unspecified atom stereocenters. The average molecular weight is 285 g/mol. The number of anilines is 1. The Bertz CT molecular complexity index is 552. The largest absolute Gasteiger partial charge is 0.481 e. The number of sulfone groups is 1. The molecule has 0 spiro atoms. The zero-order chi connectivity index (χ0) is 14.6. The van der Waals surface area contributed by atoms with Crippen molar-refractivity contribution >= 4 is 21.5 Å². The van der Waals surface area contributed by atoms with Crippen molar-refractivity contribution in [2.75, 3.05) is 11.6 Å². The van der Waals surface area contributed by atoms with Crippen LogP contribution in [0.25, 0.3) is 0 Å². The Hall–Kier alpha value is -1.56. The molecule has 106 valence electrons. The smallest absolute Gasteiger partial charge is 0.305 e. The summed E-state index contributed by atoms with van der Waals surface area (Å²) in [5, 5.41) is 11.9. The summed E-state index contributed by atoms with van der Waals surface area (Å²) in [6.45, 7) is 3.79. The molecule has 6 heteroatoms. The molecule has 0 aliphatic rings. The van der Waals surface area contributed by atoms with E-state index in [-0.39, 0.29) is 23.3 Å². The fourth-order valence-electron chi connectivity index (χ4n) is 1.75. The topological polar surface area (TPSA) is 83.5 Å². The predicted octanol–water partition coefficient (Wildman–Crippen LogP) is 2.00. The van der Waals surface area contributed by atoms with E-state index >= 15 is 0 Å². The van der Waals surface area contributed by atoms with Gasteiger partial charge in [-0.1, -0.05) is 26.0 Å². The minimum Gasteiger partial charge on any atom is -0.481 e. The Labute approximate surface area is 113 Å². The number of hydrogen-bond acceptors (Lipinski definition) is 4. The summed E-state index contributed by atoms with van der Waals surface area (Å²) >= 11 is 0. The maximum atomic E-state index is 11.7. The highest BCUT2D eigenvalue weighted by atomic mass is 32.2. The fraction of sp³-hybridized carbons (Fsp3) is 0.462. The van der Waals surface area contributed by atoms with Gasteiger partial charge in [0, 0.05) is 12.3 Å². The molecule has 0 amide bonds. The van der Waals surface area contributed by atoms with Crippen molar-refractivity contribution in [1.82, 2.24) is 0 Å². The molecule has 0 saturated carbocycles. The first-order valence-electron chi connectivity index (χ1n) is 5.99. The number of para-hydroxylation sites is 1. The van der Waals surface area contributed by atoms with Crippen LogP contribution in [0.1, 0.15) is 20.3 Å². The molecule has 0 fully saturated rings. The zero-order valence-electron chi connectivity index (χ0n) is 11.3. The van der Waals surface area contributed by atoms with E-state index < -0.39 is 15.8 Å². The van der Waals surface area contributed by atoms with Crippen LogP contribution in [0.5, 0.6) is 0 Å². The number of carbonyl (C=O) groups is 1. The third kappa shape index (κ3) is 4.55. The van der Waals surface area contributed by atoms with Crippen LogP contribution >= 0.6 is 0 Å². The standard InChI is InChI=1S/C13H19NO4S/c1-9(2)11(8-13(15)16)14-10-6-4-5-7-12(10)19(3,17)18/h4-7,9,11,14H,8H2,1-3H3,(H,15,16). The van der Waals surface area contributed by atoms with E-state index in [2.05, 4.69) is 5.32 Å². The van der Waals surface area contributed by atoms with E-state index in [9.17, 15) is 13.2 Å². The predicted molar refractivity (Wildman–Crippen MR) is 74.1 cm³/mol. The Balaban J connectivity index is 3.07. The van der Waals surface area contributed by atoms with Gasteiger partial charge in [-0.25, -0.2) is 8.42 Å². The van der Waals surface area contributed by atoms with E-state index in [0.29, 0.717) is 5.69 Å². The fourth-order valence-corrected chi connectivity index (χ4v) is 2.60. The van der Waals surface area contributed by atoms with Gasteiger partial charge in [0.05, 0.1) is 17.0 Å². The third-order valence-corrected chi connectivity index (χ3v) is 3.98. The van der Waals surface area contributed by atoms with E-state index in [1.807, 2.05) is 13.8 Å². The summed E-state index contributed by atoms with van der Waals surface area (Å²) in [4.78, 5) is 11.0. The number of benzene rings is 1. The van der Waals surface area contributed by atoms with Gasteiger partial charge in [0.25, 0.3) is 0 Å². The van der Waals surface area contributed by atoms with E-state index in [1.54, 1.807) is 18.2 Å². The van der Waals surface area contributed by atoms with Crippen LogP contribution in [0.3, 0.4) is 0 Å². The van der Waals surface area contributed by atoms with Gasteiger partial charge in [-0.05, 0) is 18.1 Å². The van der Waals surface area contributed by atoms with Gasteiger partial charge in [-0.15, -0.1) is 0 Å². The number of aliphatic carboxylic acids is 1. The average Bonchev–Trinajstić information content (AvgIpc) is 2.26. The van der Waals surface area contributed by atoms with E-state index in [1.165, 1.54) is 6.07 Å². The maximum absolute atomic E-state index is 11.7. The lowest BCUT2D eigenvalue weighted by Gasteiger charge is -2.23. The summed E-state index contributed by atoms with van der Waals surface area (Å²) in [6.07, 6.45) is 1.07. The van der Waals surface area contributed by atoms with Crippen molar-refractivity contribution in [2.24, 2.45) is 5.92 Å². The van der Waals surface area contributed by atoms with Crippen LogP contribution in [0.15, 0.2) is 29.2 Å². The molecule has 0 radical (unpaired) electrons. The minimum absolute atomic E-state index is 0.0598. The number of nitrogens with one attached hydrogen (secondary N) is 1. The van der Waals surface area contributed by atoms with Crippen LogP contribution < -0.4 is 5.32 Å². The number of carboxylic acids is 1. The summed E-state index contributed by atoms with van der Waals surface area (Å²) in [7, 11) is -3.34. The maximum Gasteiger partial charge on any atom is 0.305 e. The molecular weight excluding hydrogens is 266 g/mol. The summed E-state index contributed by atoms with van der Waals surface area (Å²) in [5.41, 5.74) is 0.449. The second-order valence-corrected chi connectivity index (χ2v) is 6.85. The van der Waals surface area contributed by atoms with Crippen molar-refractivity contribution in [3.8, 4) is 0 Å². The highest BCUT2D eigenvalue weighted by molar-refractivity contribution is 7.90. The lowest BCUT2D eigenvalue weighted by Crippen LogP contribution is -2.29. The molecule has 1 atom stereocenters. The third-order valence-electron chi connectivity index (χ3n) is 2.83. The van der Waals surface area contributed by atoms with E-state index in [4.69, 9.17) is 5.11 Å². The molecule has 0 saturated heterocycles. The molecular formula is C13H19NO4S. The normalized spacial score (nSPS) is 13.3. The molecule has 19 heavy (non-hydrogen) atoms. The SMILES string of the molecule is CC(C)C(CC(=O)O)Nc1ccccc1S(C)(=O)=O. The van der Waals surface area contributed by atoms with Crippen LogP contribution in [0.2, 0.25) is 0 Å². The lowest BCUT2D eigenvalue weighted by atomic mass is 10.0. The van der Waals surface area contributed by atoms with E-state index in [0.717, 1.165) is 6.26 Å². The summed E-state index contributed by atoms with van der Waals surface area (Å²) in [6, 6.07) is 6.20. The molecule has 0 aliphatic heterocycles. The Kier molecular flexibility index (Phi) is 4.94. The van der Waals surface area contributed by atoms with Gasteiger partial charge in [-0.2, -0.15) is 0 Å². The molecule has 0 heterocycles. The monoisotopic (exact) mass is 285 g/mol. The molecule has 1 rings (SSSR count). The Morgan fingerprint density at radius 3 is 2.37 bits per heavy atom. The van der Waals surface area contributed by atoms with Crippen molar-refractivity contribution in [2.45, 2.75) is 31.2 Å². The van der Waals surface area contributed by atoms with Crippen LogP contribution in [-0.2, 0) is 14.6 Å². The van der Waals surface area contributed by atoms with Gasteiger partial charge in [0.15, 0.2) is 9.84 Å². The molecule has 1 aromatic rings. The zero-order valence-corrected chi connectivity index (χ0v) is 12.1. The van der Waals surface area contributed by atoms with Gasteiger partial charge < -0.3 is 10.4 Å². The van der Waals surface area contributed by atoms with Crippen LogP contribution in [-0.4, -0.2) is 31.8 Å². The van der Waals surface area contributed by atoms with Gasteiger partial charge >= 0.3 is 5.97 Å². The molecule has 0 bridgehead atoms. The molecule has 1 aromatic carbocycles. The highest BCUT2D eigenvalue weighted by Gasteiger charge is 2.20. The second kappa shape index (κ2) is 6.06. The van der Waals surface area contributed by atoms with Crippen LogP contribution in [0.4, 0.5) is 5.69 Å². The quantitative estimate of drug-likeness (QED) is 0.835.